The van der Waals surface area contributed by atoms with Crippen LogP contribution in [0.5, 0.6) is 0 Å². The summed E-state index contributed by atoms with van der Waals surface area (Å²) >= 11 is 0. The van der Waals surface area contributed by atoms with Gasteiger partial charge in [0.1, 0.15) is 0 Å². The molecular formula is C51H32N4. The highest BCUT2D eigenvalue weighted by Crippen LogP contribution is 2.44. The molecule has 2 aromatic heterocycles. The minimum atomic E-state index is 0.642. The molecule has 256 valence electrons. The Labute approximate surface area is 317 Å². The summed E-state index contributed by atoms with van der Waals surface area (Å²) in [6.07, 6.45) is 0. The lowest BCUT2D eigenvalue weighted by Gasteiger charge is -2.14. The fourth-order valence-electron chi connectivity index (χ4n) is 8.29. The van der Waals surface area contributed by atoms with Crippen LogP contribution in [0.15, 0.2) is 194 Å². The molecule has 11 aromatic rings. The zero-order valence-corrected chi connectivity index (χ0v) is 29.8. The first-order valence-electron chi connectivity index (χ1n) is 18.6. The third-order valence-electron chi connectivity index (χ3n) is 10.8. The Morgan fingerprint density at radius 3 is 1.44 bits per heavy atom. The van der Waals surface area contributed by atoms with Crippen LogP contribution in [0.1, 0.15) is 0 Å². The standard InChI is InChI=1S/C51H32N4/c1-4-14-33(15-5-1)34-24-26-36(27-25-34)50-52-49(35-16-6-2-7-17-35)53-51(54-50)37-28-29-40-42-30-31-46-48(47(42)41-21-11-10-20-39(41)44(40)32-37)43-22-12-13-23-45(43)55(46)38-18-8-3-9-19-38/h1-32H. The molecular weight excluding hydrogens is 669 g/mol. The minimum absolute atomic E-state index is 0.642. The van der Waals surface area contributed by atoms with Crippen molar-refractivity contribution < 1.29 is 0 Å². The van der Waals surface area contributed by atoms with Crippen molar-refractivity contribution in [2.75, 3.05) is 0 Å². The van der Waals surface area contributed by atoms with E-state index in [1.54, 1.807) is 0 Å². The van der Waals surface area contributed by atoms with Gasteiger partial charge in [-0.25, -0.2) is 15.0 Å². The van der Waals surface area contributed by atoms with Crippen molar-refractivity contribution in [1.29, 1.82) is 0 Å². The number of aromatic nitrogens is 4. The second-order valence-electron chi connectivity index (χ2n) is 14.0. The van der Waals surface area contributed by atoms with Gasteiger partial charge in [0, 0.05) is 38.5 Å². The second-order valence-corrected chi connectivity index (χ2v) is 14.0. The Balaban J connectivity index is 1.13. The van der Waals surface area contributed by atoms with E-state index in [2.05, 4.69) is 174 Å². The SMILES string of the molecule is c1ccc(-c2ccc(-c3nc(-c4ccccc4)nc(-c4ccc5c(c4)c4ccccc4c4c5ccc5c4c4ccccc4n5-c4ccccc4)n3)cc2)cc1. The van der Waals surface area contributed by atoms with Crippen LogP contribution in [0, 0.1) is 0 Å². The molecule has 0 radical (unpaired) electrons. The molecule has 0 amide bonds. The number of benzene rings is 9. The molecule has 9 aromatic carbocycles. The van der Waals surface area contributed by atoms with Crippen molar-refractivity contribution in [3.8, 4) is 51.0 Å². The van der Waals surface area contributed by atoms with E-state index in [9.17, 15) is 0 Å². The zero-order valence-electron chi connectivity index (χ0n) is 29.8. The molecule has 0 spiro atoms. The first kappa shape index (κ1) is 31.1. The van der Waals surface area contributed by atoms with Crippen LogP contribution in [-0.2, 0) is 0 Å². The highest BCUT2D eigenvalue weighted by atomic mass is 15.0. The molecule has 11 rings (SSSR count). The molecule has 0 atom stereocenters. The van der Waals surface area contributed by atoms with Crippen LogP contribution in [0.25, 0.3) is 105 Å². The van der Waals surface area contributed by atoms with E-state index in [4.69, 9.17) is 15.0 Å². The molecule has 0 saturated heterocycles. The van der Waals surface area contributed by atoms with Gasteiger partial charge in [-0.3, -0.25) is 0 Å². The van der Waals surface area contributed by atoms with Crippen LogP contribution >= 0.6 is 0 Å². The predicted molar refractivity (Wildman–Crippen MR) is 228 cm³/mol. The first-order valence-corrected chi connectivity index (χ1v) is 18.6. The first-order chi connectivity index (χ1) is 27.3. The lowest BCUT2D eigenvalue weighted by Crippen LogP contribution is -2.00. The third kappa shape index (κ3) is 5.11. The quantitative estimate of drug-likeness (QED) is 0.168. The molecule has 4 heteroatoms. The fourth-order valence-corrected chi connectivity index (χ4v) is 8.29. The van der Waals surface area contributed by atoms with Crippen molar-refractivity contribution in [3.63, 3.8) is 0 Å². The second kappa shape index (κ2) is 12.6. The number of rotatable bonds is 5. The van der Waals surface area contributed by atoms with Crippen LogP contribution in [-0.4, -0.2) is 19.5 Å². The summed E-state index contributed by atoms with van der Waals surface area (Å²) in [6.45, 7) is 0. The zero-order chi connectivity index (χ0) is 36.3. The summed E-state index contributed by atoms with van der Waals surface area (Å²) in [4.78, 5) is 15.2. The number of fused-ring (bicyclic) bond motifs is 10. The Morgan fingerprint density at radius 2 is 0.727 bits per heavy atom. The molecule has 0 bridgehead atoms. The van der Waals surface area contributed by atoms with Crippen molar-refractivity contribution in [1.82, 2.24) is 19.5 Å². The van der Waals surface area contributed by atoms with Gasteiger partial charge in [0.2, 0.25) is 0 Å². The van der Waals surface area contributed by atoms with Crippen molar-refractivity contribution in [3.05, 3.63) is 194 Å². The van der Waals surface area contributed by atoms with Gasteiger partial charge in [-0.1, -0.05) is 164 Å². The number of hydrogen-bond acceptors (Lipinski definition) is 3. The highest BCUT2D eigenvalue weighted by Gasteiger charge is 2.19. The maximum atomic E-state index is 5.13. The van der Waals surface area contributed by atoms with Crippen LogP contribution < -0.4 is 0 Å². The molecule has 0 fully saturated rings. The van der Waals surface area contributed by atoms with E-state index in [1.165, 1.54) is 59.7 Å². The number of hydrogen-bond donors (Lipinski definition) is 0. The average Bonchev–Trinajstić information content (AvgIpc) is 3.61. The summed E-state index contributed by atoms with van der Waals surface area (Å²) in [7, 11) is 0. The lowest BCUT2D eigenvalue weighted by atomic mass is 9.91. The normalized spacial score (nSPS) is 11.6. The number of para-hydroxylation sites is 2. The van der Waals surface area contributed by atoms with E-state index >= 15 is 0 Å². The Kier molecular flexibility index (Phi) is 7.14. The molecule has 0 unspecified atom stereocenters. The van der Waals surface area contributed by atoms with Gasteiger partial charge in [0.05, 0.1) is 11.0 Å². The largest absolute Gasteiger partial charge is 0.309 e. The Morgan fingerprint density at radius 1 is 0.273 bits per heavy atom. The molecule has 0 aliphatic heterocycles. The summed E-state index contributed by atoms with van der Waals surface area (Å²) in [5.74, 6) is 1.93. The fraction of sp³-hybridized carbons (Fsp3) is 0. The topological polar surface area (TPSA) is 43.6 Å². The molecule has 0 aliphatic carbocycles. The third-order valence-corrected chi connectivity index (χ3v) is 10.8. The summed E-state index contributed by atoms with van der Waals surface area (Å²) in [5.41, 5.74) is 8.71. The van der Waals surface area contributed by atoms with E-state index in [1.807, 2.05) is 24.3 Å². The van der Waals surface area contributed by atoms with Crippen molar-refractivity contribution >= 4 is 54.1 Å². The molecule has 0 N–H and O–H groups in total. The predicted octanol–water partition coefficient (Wildman–Crippen LogP) is 13.1. The highest BCUT2D eigenvalue weighted by molar-refractivity contribution is 6.35. The van der Waals surface area contributed by atoms with Gasteiger partial charge in [-0.05, 0) is 68.4 Å². The van der Waals surface area contributed by atoms with Gasteiger partial charge in [0.15, 0.2) is 17.5 Å². The van der Waals surface area contributed by atoms with E-state index in [-0.39, 0.29) is 0 Å². The number of nitrogens with zero attached hydrogens (tertiary/aromatic N) is 4. The molecule has 4 nitrogen and oxygen atoms in total. The van der Waals surface area contributed by atoms with Gasteiger partial charge in [0.25, 0.3) is 0 Å². The van der Waals surface area contributed by atoms with Gasteiger partial charge >= 0.3 is 0 Å². The summed E-state index contributed by atoms with van der Waals surface area (Å²) in [6, 6.07) is 68.6. The van der Waals surface area contributed by atoms with Crippen LogP contribution in [0.2, 0.25) is 0 Å². The Hall–Kier alpha value is -7.43. The maximum absolute atomic E-state index is 5.13. The molecule has 0 saturated carbocycles. The van der Waals surface area contributed by atoms with Crippen molar-refractivity contribution in [2.24, 2.45) is 0 Å². The van der Waals surface area contributed by atoms with Gasteiger partial charge in [-0.15, -0.1) is 0 Å². The average molecular weight is 701 g/mol. The van der Waals surface area contributed by atoms with E-state index < -0.39 is 0 Å². The monoisotopic (exact) mass is 700 g/mol. The lowest BCUT2D eigenvalue weighted by molar-refractivity contribution is 1.07. The van der Waals surface area contributed by atoms with E-state index in [0.29, 0.717) is 17.5 Å². The van der Waals surface area contributed by atoms with Crippen LogP contribution in [0.3, 0.4) is 0 Å². The van der Waals surface area contributed by atoms with Gasteiger partial charge in [-0.2, -0.15) is 0 Å². The maximum Gasteiger partial charge on any atom is 0.164 e. The summed E-state index contributed by atoms with van der Waals surface area (Å²) < 4.78 is 2.39. The van der Waals surface area contributed by atoms with Crippen molar-refractivity contribution in [2.45, 2.75) is 0 Å². The molecule has 0 aliphatic rings. The molecule has 55 heavy (non-hydrogen) atoms. The smallest absolute Gasteiger partial charge is 0.164 e. The summed E-state index contributed by atoms with van der Waals surface area (Å²) in [5, 5.41) is 9.80. The Bertz CT molecular complexity index is 3200. The van der Waals surface area contributed by atoms with Gasteiger partial charge < -0.3 is 4.57 Å². The van der Waals surface area contributed by atoms with E-state index in [0.717, 1.165) is 27.9 Å². The minimum Gasteiger partial charge on any atom is -0.309 e. The molecule has 2 heterocycles. The van der Waals surface area contributed by atoms with Crippen LogP contribution in [0.4, 0.5) is 0 Å².